The molecule has 2 aromatic rings. The molecule has 0 radical (unpaired) electrons. The van der Waals surface area contributed by atoms with Crippen molar-refractivity contribution in [2.45, 2.75) is 11.3 Å². The van der Waals surface area contributed by atoms with Crippen molar-refractivity contribution >= 4 is 27.6 Å². The van der Waals surface area contributed by atoms with Gasteiger partial charge in [-0.2, -0.15) is 0 Å². The van der Waals surface area contributed by atoms with E-state index in [2.05, 4.69) is 4.72 Å². The molecule has 24 heavy (non-hydrogen) atoms. The molecule has 0 saturated carbocycles. The predicted octanol–water partition coefficient (Wildman–Crippen LogP) is 2.89. The van der Waals surface area contributed by atoms with Gasteiger partial charge in [0.25, 0.3) is 0 Å². The Morgan fingerprint density at radius 2 is 1.79 bits per heavy atom. The number of hydrogen-bond donors (Lipinski definition) is 1. The maximum Gasteiger partial charge on any atom is 0.208 e. The average Bonchev–Trinajstić information content (AvgIpc) is 2.53. The molecule has 0 aliphatic heterocycles. The Kier molecular flexibility index (Phi) is 6.53. The van der Waals surface area contributed by atoms with Crippen molar-refractivity contribution in [1.29, 1.82) is 0 Å². The Morgan fingerprint density at radius 1 is 1.12 bits per heavy atom. The summed E-state index contributed by atoms with van der Waals surface area (Å²) in [6, 6.07) is 13.4. The molecule has 0 fully saturated rings. The van der Waals surface area contributed by atoms with Crippen molar-refractivity contribution in [1.82, 2.24) is 4.72 Å². The van der Waals surface area contributed by atoms with Crippen LogP contribution in [0, 0.1) is 5.82 Å². The van der Waals surface area contributed by atoms with Gasteiger partial charge in [-0.1, -0.05) is 36.4 Å². The molecule has 0 heterocycles. The molecule has 128 valence electrons. The minimum Gasteiger partial charge on any atom is -0.293 e. The minimum atomic E-state index is -3.19. The van der Waals surface area contributed by atoms with Gasteiger partial charge in [0, 0.05) is 17.0 Å². The third kappa shape index (κ3) is 6.07. The molecule has 4 nitrogen and oxygen atoms in total. The highest BCUT2D eigenvalue weighted by molar-refractivity contribution is 8.00. The first-order valence-electron chi connectivity index (χ1n) is 7.29. The maximum absolute atomic E-state index is 13.5. The number of Topliss-reactive ketones (excluding diaryl/α,β-unsaturated/α-hetero) is 1. The molecular weight excluding hydrogens is 349 g/mol. The summed E-state index contributed by atoms with van der Waals surface area (Å²) in [6.45, 7) is 0.315. The summed E-state index contributed by atoms with van der Waals surface area (Å²) >= 11 is 1.17. The monoisotopic (exact) mass is 367 g/mol. The SMILES string of the molecule is CS(=O)(=O)NCCc1ccc(C(=O)CSc2ccccc2F)cc1. The Hall–Kier alpha value is -1.70. The smallest absolute Gasteiger partial charge is 0.208 e. The Bertz CT molecular complexity index is 805. The zero-order chi connectivity index (χ0) is 17.6. The third-order valence-electron chi connectivity index (χ3n) is 3.25. The zero-order valence-electron chi connectivity index (χ0n) is 13.2. The molecule has 0 aliphatic carbocycles. The van der Waals surface area contributed by atoms with Crippen LogP contribution in [0.3, 0.4) is 0 Å². The number of nitrogens with one attached hydrogen (secondary N) is 1. The maximum atomic E-state index is 13.5. The van der Waals surface area contributed by atoms with Crippen molar-refractivity contribution in [2.75, 3.05) is 18.6 Å². The molecule has 2 rings (SSSR count). The van der Waals surface area contributed by atoms with Gasteiger partial charge in [0.2, 0.25) is 10.0 Å². The van der Waals surface area contributed by atoms with Gasteiger partial charge in [-0.05, 0) is 24.1 Å². The van der Waals surface area contributed by atoms with E-state index in [1.165, 1.54) is 17.8 Å². The van der Waals surface area contributed by atoms with Crippen LogP contribution in [0.5, 0.6) is 0 Å². The van der Waals surface area contributed by atoms with Crippen LogP contribution in [0.25, 0.3) is 0 Å². The van der Waals surface area contributed by atoms with Crippen molar-refractivity contribution in [2.24, 2.45) is 0 Å². The molecule has 0 atom stereocenters. The van der Waals surface area contributed by atoms with Gasteiger partial charge < -0.3 is 0 Å². The molecule has 0 spiro atoms. The summed E-state index contributed by atoms with van der Waals surface area (Å²) in [5.74, 6) is -0.247. The van der Waals surface area contributed by atoms with Crippen LogP contribution >= 0.6 is 11.8 Å². The number of carbonyl (C=O) groups is 1. The van der Waals surface area contributed by atoms with Crippen molar-refractivity contribution in [3.63, 3.8) is 0 Å². The number of ketones is 1. The van der Waals surface area contributed by atoms with Crippen LogP contribution < -0.4 is 4.72 Å². The van der Waals surface area contributed by atoms with E-state index in [4.69, 9.17) is 0 Å². The highest BCUT2D eigenvalue weighted by atomic mass is 32.2. The van der Waals surface area contributed by atoms with Crippen molar-refractivity contribution in [3.05, 3.63) is 65.5 Å². The highest BCUT2D eigenvalue weighted by Gasteiger charge is 2.09. The second-order valence-electron chi connectivity index (χ2n) is 5.26. The van der Waals surface area contributed by atoms with E-state index in [1.54, 1.807) is 42.5 Å². The average molecular weight is 367 g/mol. The molecule has 0 unspecified atom stereocenters. The number of rotatable bonds is 8. The van der Waals surface area contributed by atoms with Gasteiger partial charge in [0.05, 0.1) is 12.0 Å². The summed E-state index contributed by atoms with van der Waals surface area (Å²) in [5.41, 5.74) is 1.49. The number of hydrogen-bond acceptors (Lipinski definition) is 4. The fourth-order valence-corrected chi connectivity index (χ4v) is 3.33. The molecule has 2 aromatic carbocycles. The molecule has 0 amide bonds. The van der Waals surface area contributed by atoms with E-state index in [0.717, 1.165) is 11.8 Å². The summed E-state index contributed by atoms with van der Waals surface area (Å²) < 4.78 is 37.9. The lowest BCUT2D eigenvalue weighted by Crippen LogP contribution is -2.24. The number of thioether (sulfide) groups is 1. The number of carbonyl (C=O) groups excluding carboxylic acids is 1. The molecule has 0 saturated heterocycles. The largest absolute Gasteiger partial charge is 0.293 e. The van der Waals surface area contributed by atoms with E-state index >= 15 is 0 Å². The van der Waals surface area contributed by atoms with Crippen LogP contribution in [-0.2, 0) is 16.4 Å². The fraction of sp³-hybridized carbons (Fsp3) is 0.235. The lowest BCUT2D eigenvalue weighted by molar-refractivity contribution is 0.102. The second kappa shape index (κ2) is 8.41. The predicted molar refractivity (Wildman–Crippen MR) is 94.4 cm³/mol. The first-order chi connectivity index (χ1) is 11.3. The van der Waals surface area contributed by atoms with E-state index < -0.39 is 10.0 Å². The lowest BCUT2D eigenvalue weighted by atomic mass is 10.1. The van der Waals surface area contributed by atoms with Gasteiger partial charge in [0.1, 0.15) is 5.82 Å². The molecule has 0 bridgehead atoms. The summed E-state index contributed by atoms with van der Waals surface area (Å²) in [7, 11) is -3.19. The van der Waals surface area contributed by atoms with Crippen molar-refractivity contribution < 1.29 is 17.6 Å². The van der Waals surface area contributed by atoms with E-state index in [0.29, 0.717) is 23.4 Å². The van der Waals surface area contributed by atoms with Gasteiger partial charge in [-0.25, -0.2) is 17.5 Å². The topological polar surface area (TPSA) is 63.2 Å². The second-order valence-corrected chi connectivity index (χ2v) is 8.11. The van der Waals surface area contributed by atoms with Crippen LogP contribution in [0.4, 0.5) is 4.39 Å². The molecule has 1 N–H and O–H groups in total. The van der Waals surface area contributed by atoms with E-state index in [9.17, 15) is 17.6 Å². The fourth-order valence-electron chi connectivity index (χ4n) is 2.03. The number of benzene rings is 2. The van der Waals surface area contributed by atoms with Gasteiger partial charge in [-0.15, -0.1) is 11.8 Å². The standard InChI is InChI=1S/C17H18FNO3S2/c1-24(21,22)19-11-10-13-6-8-14(9-7-13)16(20)12-23-17-5-3-2-4-15(17)18/h2-9,19H,10-12H2,1H3. The molecular formula is C17H18FNO3S2. The van der Waals surface area contributed by atoms with Gasteiger partial charge in [0.15, 0.2) is 5.78 Å². The van der Waals surface area contributed by atoms with Gasteiger partial charge in [-0.3, -0.25) is 4.79 Å². The highest BCUT2D eigenvalue weighted by Crippen LogP contribution is 2.22. The van der Waals surface area contributed by atoms with Crippen LogP contribution in [0.15, 0.2) is 53.4 Å². The minimum absolute atomic E-state index is 0.0796. The first-order valence-corrected chi connectivity index (χ1v) is 10.2. The van der Waals surface area contributed by atoms with E-state index in [-0.39, 0.29) is 17.4 Å². The molecule has 7 heteroatoms. The van der Waals surface area contributed by atoms with Crippen LogP contribution in [0.2, 0.25) is 0 Å². The zero-order valence-corrected chi connectivity index (χ0v) is 14.8. The summed E-state index contributed by atoms with van der Waals surface area (Å²) in [4.78, 5) is 12.6. The first kappa shape index (κ1) is 18.6. The molecule has 0 aromatic heterocycles. The molecule has 0 aliphatic rings. The van der Waals surface area contributed by atoms with Crippen LogP contribution in [-0.4, -0.2) is 32.8 Å². The normalized spacial score (nSPS) is 11.4. The Morgan fingerprint density at radius 3 is 2.42 bits per heavy atom. The summed E-state index contributed by atoms with van der Waals surface area (Å²) in [5, 5.41) is 0. The van der Waals surface area contributed by atoms with Gasteiger partial charge >= 0.3 is 0 Å². The van der Waals surface area contributed by atoms with Crippen LogP contribution in [0.1, 0.15) is 15.9 Å². The third-order valence-corrected chi connectivity index (χ3v) is 5.03. The lowest BCUT2D eigenvalue weighted by Gasteiger charge is -2.05. The Balaban J connectivity index is 1.88. The summed E-state index contributed by atoms with van der Waals surface area (Å²) in [6.07, 6.45) is 1.66. The Labute approximate surface area is 145 Å². The van der Waals surface area contributed by atoms with E-state index in [1.807, 2.05) is 0 Å². The quantitative estimate of drug-likeness (QED) is 0.576. The number of halogens is 1. The number of sulfonamides is 1. The van der Waals surface area contributed by atoms with Crippen molar-refractivity contribution in [3.8, 4) is 0 Å².